The van der Waals surface area contributed by atoms with Gasteiger partial charge in [0.15, 0.2) is 0 Å². The SMILES string of the molecule is CCNC(Cc1ccc(Br)cc1[N+](=O)[O-])C(C)(C)C. The molecule has 0 bridgehead atoms. The molecule has 1 aromatic rings. The standard InChI is InChI=1S/C14H21BrN2O2/c1-5-16-13(14(2,3)4)8-10-6-7-11(15)9-12(10)17(18)19/h6-7,9,13,16H,5,8H2,1-4H3. The lowest BCUT2D eigenvalue weighted by atomic mass is 9.82. The minimum absolute atomic E-state index is 0.0525. The van der Waals surface area contributed by atoms with E-state index in [9.17, 15) is 10.1 Å². The number of halogens is 1. The molecule has 1 rings (SSSR count). The first kappa shape index (κ1) is 16.1. The van der Waals surface area contributed by atoms with Crippen LogP contribution in [0.2, 0.25) is 0 Å². The molecule has 0 heterocycles. The molecule has 0 aliphatic rings. The first-order valence-electron chi connectivity index (χ1n) is 6.42. The van der Waals surface area contributed by atoms with Crippen molar-refractivity contribution in [1.82, 2.24) is 5.32 Å². The van der Waals surface area contributed by atoms with Gasteiger partial charge in [0.2, 0.25) is 0 Å². The van der Waals surface area contributed by atoms with Crippen molar-refractivity contribution in [3.05, 3.63) is 38.3 Å². The highest BCUT2D eigenvalue weighted by atomic mass is 79.9. The van der Waals surface area contributed by atoms with Gasteiger partial charge in [0.25, 0.3) is 5.69 Å². The Balaban J connectivity index is 3.06. The van der Waals surface area contributed by atoms with Crippen LogP contribution < -0.4 is 5.32 Å². The van der Waals surface area contributed by atoms with Crippen LogP contribution in [-0.2, 0) is 6.42 Å². The summed E-state index contributed by atoms with van der Waals surface area (Å²) in [6.07, 6.45) is 0.654. The number of rotatable bonds is 5. The summed E-state index contributed by atoms with van der Waals surface area (Å²) in [4.78, 5) is 10.8. The average Bonchev–Trinajstić information content (AvgIpc) is 2.29. The van der Waals surface area contributed by atoms with Gasteiger partial charge in [-0.3, -0.25) is 10.1 Å². The third-order valence-corrected chi connectivity index (χ3v) is 3.66. The van der Waals surface area contributed by atoms with Gasteiger partial charge in [-0.15, -0.1) is 0 Å². The van der Waals surface area contributed by atoms with E-state index in [4.69, 9.17) is 0 Å². The largest absolute Gasteiger partial charge is 0.313 e. The summed E-state index contributed by atoms with van der Waals surface area (Å²) in [6.45, 7) is 9.34. The van der Waals surface area contributed by atoms with Gasteiger partial charge in [-0.2, -0.15) is 0 Å². The van der Waals surface area contributed by atoms with Crippen LogP contribution in [0.4, 0.5) is 5.69 Å². The smallest absolute Gasteiger partial charge is 0.273 e. The lowest BCUT2D eigenvalue weighted by molar-refractivity contribution is -0.385. The fraction of sp³-hybridized carbons (Fsp3) is 0.571. The van der Waals surface area contributed by atoms with Crippen LogP contribution in [-0.4, -0.2) is 17.5 Å². The second-order valence-electron chi connectivity index (χ2n) is 5.71. The normalized spacial score (nSPS) is 13.3. The van der Waals surface area contributed by atoms with Gasteiger partial charge in [-0.25, -0.2) is 0 Å². The summed E-state index contributed by atoms with van der Waals surface area (Å²) in [7, 11) is 0. The lowest BCUT2D eigenvalue weighted by Crippen LogP contribution is -2.42. The third-order valence-electron chi connectivity index (χ3n) is 3.16. The van der Waals surface area contributed by atoms with E-state index >= 15 is 0 Å². The maximum atomic E-state index is 11.1. The Morgan fingerprint density at radius 2 is 2.05 bits per heavy atom. The zero-order chi connectivity index (χ0) is 14.6. The fourth-order valence-corrected chi connectivity index (χ4v) is 2.38. The van der Waals surface area contributed by atoms with Gasteiger partial charge in [-0.05, 0) is 24.4 Å². The molecule has 1 unspecified atom stereocenters. The average molecular weight is 329 g/mol. The molecule has 0 aliphatic heterocycles. The highest BCUT2D eigenvalue weighted by molar-refractivity contribution is 9.10. The van der Waals surface area contributed by atoms with Crippen LogP contribution >= 0.6 is 15.9 Å². The molecule has 0 spiro atoms. The molecule has 0 amide bonds. The topological polar surface area (TPSA) is 55.2 Å². The number of nitro groups is 1. The van der Waals surface area contributed by atoms with E-state index in [1.54, 1.807) is 6.07 Å². The predicted molar refractivity (Wildman–Crippen MR) is 81.4 cm³/mol. The quantitative estimate of drug-likeness (QED) is 0.658. The highest BCUT2D eigenvalue weighted by Gasteiger charge is 2.26. The van der Waals surface area contributed by atoms with Gasteiger partial charge in [0.05, 0.1) is 4.92 Å². The Kier molecular flexibility index (Phi) is 5.50. The van der Waals surface area contributed by atoms with E-state index in [-0.39, 0.29) is 22.1 Å². The van der Waals surface area contributed by atoms with Gasteiger partial charge >= 0.3 is 0 Å². The molecular weight excluding hydrogens is 308 g/mol. The second-order valence-corrected chi connectivity index (χ2v) is 6.63. The summed E-state index contributed by atoms with van der Waals surface area (Å²) in [6, 6.07) is 5.46. The van der Waals surface area contributed by atoms with Crippen molar-refractivity contribution < 1.29 is 4.92 Å². The Hall–Kier alpha value is -0.940. The Morgan fingerprint density at radius 1 is 1.42 bits per heavy atom. The van der Waals surface area contributed by atoms with Gasteiger partial charge in [0, 0.05) is 22.1 Å². The van der Waals surface area contributed by atoms with Gasteiger partial charge < -0.3 is 5.32 Å². The van der Waals surface area contributed by atoms with E-state index in [1.165, 1.54) is 0 Å². The monoisotopic (exact) mass is 328 g/mol. The van der Waals surface area contributed by atoms with E-state index in [0.29, 0.717) is 6.42 Å². The molecule has 1 atom stereocenters. The van der Waals surface area contributed by atoms with Gasteiger partial charge in [0.1, 0.15) is 0 Å². The number of likely N-dealkylation sites (N-methyl/N-ethyl adjacent to an activating group) is 1. The van der Waals surface area contributed by atoms with Crippen LogP contribution in [0.15, 0.2) is 22.7 Å². The van der Waals surface area contributed by atoms with Crippen LogP contribution in [0, 0.1) is 15.5 Å². The van der Waals surface area contributed by atoms with Crippen molar-refractivity contribution >= 4 is 21.6 Å². The van der Waals surface area contributed by atoms with Crippen molar-refractivity contribution in [3.63, 3.8) is 0 Å². The zero-order valence-electron chi connectivity index (χ0n) is 11.9. The maximum Gasteiger partial charge on any atom is 0.273 e. The second kappa shape index (κ2) is 6.48. The van der Waals surface area contributed by atoms with Crippen molar-refractivity contribution in [2.24, 2.45) is 5.41 Å². The van der Waals surface area contributed by atoms with E-state index in [0.717, 1.165) is 16.6 Å². The third kappa shape index (κ3) is 4.58. The van der Waals surface area contributed by atoms with E-state index in [1.807, 2.05) is 12.1 Å². The molecule has 0 radical (unpaired) electrons. The highest BCUT2D eigenvalue weighted by Crippen LogP contribution is 2.29. The summed E-state index contributed by atoms with van der Waals surface area (Å²) < 4.78 is 0.735. The molecule has 1 N–H and O–H groups in total. The van der Waals surface area contributed by atoms with Crippen molar-refractivity contribution in [2.75, 3.05) is 6.54 Å². The first-order valence-corrected chi connectivity index (χ1v) is 7.21. The molecule has 0 aliphatic carbocycles. The number of nitrogens with one attached hydrogen (secondary N) is 1. The molecule has 0 saturated heterocycles. The summed E-state index contributed by atoms with van der Waals surface area (Å²) in [5.74, 6) is 0. The molecule has 19 heavy (non-hydrogen) atoms. The lowest BCUT2D eigenvalue weighted by Gasteiger charge is -2.31. The van der Waals surface area contributed by atoms with Crippen LogP contribution in [0.3, 0.4) is 0 Å². The number of nitro benzene ring substituents is 1. The predicted octanol–water partition coefficient (Wildman–Crippen LogP) is 3.92. The zero-order valence-corrected chi connectivity index (χ0v) is 13.5. The van der Waals surface area contributed by atoms with Crippen LogP contribution in [0.25, 0.3) is 0 Å². The molecule has 0 fully saturated rings. The molecule has 5 heteroatoms. The Bertz CT molecular complexity index is 455. The molecule has 4 nitrogen and oxygen atoms in total. The maximum absolute atomic E-state index is 11.1. The molecular formula is C14H21BrN2O2. The molecule has 0 aromatic heterocycles. The van der Waals surface area contributed by atoms with Crippen molar-refractivity contribution in [1.29, 1.82) is 0 Å². The van der Waals surface area contributed by atoms with Gasteiger partial charge in [-0.1, -0.05) is 49.7 Å². The summed E-state index contributed by atoms with van der Waals surface area (Å²) >= 11 is 3.28. The van der Waals surface area contributed by atoms with Crippen molar-refractivity contribution in [2.45, 2.75) is 40.2 Å². The number of hydrogen-bond acceptors (Lipinski definition) is 3. The molecule has 1 aromatic carbocycles. The molecule has 106 valence electrons. The van der Waals surface area contributed by atoms with Crippen LogP contribution in [0.1, 0.15) is 33.3 Å². The summed E-state index contributed by atoms with van der Waals surface area (Å²) in [5.41, 5.74) is 1.01. The number of benzene rings is 1. The van der Waals surface area contributed by atoms with E-state index < -0.39 is 0 Å². The van der Waals surface area contributed by atoms with E-state index in [2.05, 4.69) is 48.9 Å². The number of hydrogen-bond donors (Lipinski definition) is 1. The van der Waals surface area contributed by atoms with Crippen molar-refractivity contribution in [3.8, 4) is 0 Å². The fourth-order valence-electron chi connectivity index (χ4n) is 2.03. The number of nitrogens with zero attached hydrogens (tertiary/aromatic N) is 1. The Morgan fingerprint density at radius 3 is 2.53 bits per heavy atom. The Labute approximate surface area is 122 Å². The molecule has 0 saturated carbocycles. The minimum Gasteiger partial charge on any atom is -0.313 e. The minimum atomic E-state index is -0.314. The summed E-state index contributed by atoms with van der Waals surface area (Å²) in [5, 5.41) is 14.5. The first-order chi connectivity index (χ1) is 8.75. The van der Waals surface area contributed by atoms with Crippen LogP contribution in [0.5, 0.6) is 0 Å².